The first-order valence-corrected chi connectivity index (χ1v) is 10.6. The predicted octanol–water partition coefficient (Wildman–Crippen LogP) is 6.91. The molecule has 0 fully saturated rings. The first kappa shape index (κ1) is 20.4. The molecule has 1 atom stereocenters. The highest BCUT2D eigenvalue weighted by Gasteiger charge is 2.28. The van der Waals surface area contributed by atoms with Crippen LogP contribution in [0.2, 0.25) is 0 Å². The van der Waals surface area contributed by atoms with Crippen LogP contribution in [0, 0.1) is 0 Å². The van der Waals surface area contributed by atoms with Gasteiger partial charge in [-0.05, 0) is 48.9 Å². The standard InChI is InChI=1S/C25H22BrNO3/c1-3-29-24(18-9-13-20(26)14-10-18)22-23(17-7-5-4-6-8-17)27-30-25(22)19-11-15-21(28-2)16-12-19/h4-16,24H,3H2,1-2H3. The van der Waals surface area contributed by atoms with Gasteiger partial charge in [0.1, 0.15) is 17.5 Å². The van der Waals surface area contributed by atoms with E-state index in [1.54, 1.807) is 7.11 Å². The Labute approximate surface area is 184 Å². The van der Waals surface area contributed by atoms with Crippen molar-refractivity contribution in [3.8, 4) is 28.3 Å². The molecule has 0 amide bonds. The molecule has 0 bridgehead atoms. The summed E-state index contributed by atoms with van der Waals surface area (Å²) in [7, 11) is 1.65. The van der Waals surface area contributed by atoms with Crippen LogP contribution < -0.4 is 4.74 Å². The normalized spacial score (nSPS) is 12.0. The van der Waals surface area contributed by atoms with E-state index in [9.17, 15) is 0 Å². The maximum atomic E-state index is 6.24. The zero-order valence-electron chi connectivity index (χ0n) is 16.8. The first-order valence-electron chi connectivity index (χ1n) is 9.77. The van der Waals surface area contributed by atoms with Gasteiger partial charge in [-0.3, -0.25) is 0 Å². The lowest BCUT2D eigenvalue weighted by Crippen LogP contribution is -2.08. The Morgan fingerprint density at radius 2 is 1.60 bits per heavy atom. The maximum Gasteiger partial charge on any atom is 0.173 e. The van der Waals surface area contributed by atoms with Crippen molar-refractivity contribution in [2.24, 2.45) is 0 Å². The van der Waals surface area contributed by atoms with E-state index < -0.39 is 0 Å². The minimum atomic E-state index is -0.318. The van der Waals surface area contributed by atoms with Crippen molar-refractivity contribution in [3.05, 3.63) is 94.5 Å². The van der Waals surface area contributed by atoms with Gasteiger partial charge in [0, 0.05) is 22.2 Å². The van der Waals surface area contributed by atoms with Gasteiger partial charge < -0.3 is 14.0 Å². The van der Waals surface area contributed by atoms with Crippen LogP contribution in [0.5, 0.6) is 5.75 Å². The van der Waals surface area contributed by atoms with Gasteiger partial charge in [-0.15, -0.1) is 0 Å². The van der Waals surface area contributed by atoms with Gasteiger partial charge in [0.25, 0.3) is 0 Å². The average Bonchev–Trinajstić information content (AvgIpc) is 3.23. The summed E-state index contributed by atoms with van der Waals surface area (Å²) >= 11 is 3.51. The van der Waals surface area contributed by atoms with Gasteiger partial charge in [-0.1, -0.05) is 63.6 Å². The molecule has 0 N–H and O–H groups in total. The number of aromatic nitrogens is 1. The molecule has 3 aromatic carbocycles. The van der Waals surface area contributed by atoms with Gasteiger partial charge in [0.05, 0.1) is 12.7 Å². The summed E-state index contributed by atoms with van der Waals surface area (Å²) < 4.78 is 18.5. The van der Waals surface area contributed by atoms with Crippen LogP contribution in [0.15, 0.2) is 87.9 Å². The molecule has 1 aromatic heterocycles. The summed E-state index contributed by atoms with van der Waals surface area (Å²) in [6.07, 6.45) is -0.318. The van der Waals surface area contributed by atoms with Crippen LogP contribution in [0.3, 0.4) is 0 Å². The molecule has 5 heteroatoms. The van der Waals surface area contributed by atoms with E-state index >= 15 is 0 Å². The van der Waals surface area contributed by atoms with E-state index in [0.717, 1.165) is 38.2 Å². The molecule has 4 nitrogen and oxygen atoms in total. The monoisotopic (exact) mass is 463 g/mol. The smallest absolute Gasteiger partial charge is 0.173 e. The maximum absolute atomic E-state index is 6.24. The fourth-order valence-electron chi connectivity index (χ4n) is 3.45. The molecule has 1 heterocycles. The van der Waals surface area contributed by atoms with Gasteiger partial charge >= 0.3 is 0 Å². The molecule has 30 heavy (non-hydrogen) atoms. The molecule has 0 saturated heterocycles. The summed E-state index contributed by atoms with van der Waals surface area (Å²) in [5.74, 6) is 1.48. The summed E-state index contributed by atoms with van der Waals surface area (Å²) in [5, 5.41) is 4.46. The minimum Gasteiger partial charge on any atom is -0.497 e. The van der Waals surface area contributed by atoms with Crippen LogP contribution in [0.1, 0.15) is 24.2 Å². The fraction of sp³-hybridized carbons (Fsp3) is 0.160. The highest BCUT2D eigenvalue weighted by molar-refractivity contribution is 9.10. The third-order valence-corrected chi connectivity index (χ3v) is 5.42. The van der Waals surface area contributed by atoms with Crippen molar-refractivity contribution < 1.29 is 14.0 Å². The van der Waals surface area contributed by atoms with Crippen LogP contribution >= 0.6 is 15.9 Å². The van der Waals surface area contributed by atoms with E-state index in [2.05, 4.69) is 33.2 Å². The second kappa shape index (κ2) is 9.28. The zero-order chi connectivity index (χ0) is 20.9. The number of hydrogen-bond donors (Lipinski definition) is 0. The second-order valence-corrected chi connectivity index (χ2v) is 7.67. The van der Waals surface area contributed by atoms with Gasteiger partial charge in [-0.25, -0.2) is 0 Å². The molecule has 0 aliphatic rings. The molecule has 4 rings (SSSR count). The Morgan fingerprint density at radius 3 is 2.23 bits per heavy atom. The molecular formula is C25H22BrNO3. The third-order valence-electron chi connectivity index (χ3n) is 4.90. The van der Waals surface area contributed by atoms with Gasteiger partial charge in [0.2, 0.25) is 0 Å². The first-order chi connectivity index (χ1) is 14.7. The largest absolute Gasteiger partial charge is 0.497 e. The van der Waals surface area contributed by atoms with E-state index in [1.165, 1.54) is 0 Å². The number of methoxy groups -OCH3 is 1. The summed E-state index contributed by atoms with van der Waals surface area (Å²) in [6, 6.07) is 26.0. The predicted molar refractivity (Wildman–Crippen MR) is 122 cm³/mol. The number of hydrogen-bond acceptors (Lipinski definition) is 4. The molecule has 0 spiro atoms. The van der Waals surface area contributed by atoms with E-state index in [-0.39, 0.29) is 6.10 Å². The molecule has 0 aliphatic heterocycles. The van der Waals surface area contributed by atoms with Crippen molar-refractivity contribution in [2.45, 2.75) is 13.0 Å². The molecular weight excluding hydrogens is 442 g/mol. The Morgan fingerprint density at radius 1 is 0.900 bits per heavy atom. The number of ether oxygens (including phenoxy) is 2. The number of halogens is 1. The molecule has 1 unspecified atom stereocenters. The van der Waals surface area contributed by atoms with Crippen LogP contribution in [0.25, 0.3) is 22.6 Å². The lowest BCUT2D eigenvalue weighted by molar-refractivity contribution is 0.0917. The van der Waals surface area contributed by atoms with E-state index in [4.69, 9.17) is 14.0 Å². The number of nitrogens with zero attached hydrogens (tertiary/aromatic N) is 1. The van der Waals surface area contributed by atoms with Gasteiger partial charge in [0.15, 0.2) is 5.76 Å². The third kappa shape index (κ3) is 4.18. The van der Waals surface area contributed by atoms with Crippen molar-refractivity contribution in [1.29, 1.82) is 0 Å². The van der Waals surface area contributed by atoms with Crippen molar-refractivity contribution in [1.82, 2.24) is 5.16 Å². The van der Waals surface area contributed by atoms with Crippen LogP contribution in [0.4, 0.5) is 0 Å². The fourth-order valence-corrected chi connectivity index (χ4v) is 3.71. The van der Waals surface area contributed by atoms with Crippen LogP contribution in [-0.2, 0) is 4.74 Å². The van der Waals surface area contributed by atoms with E-state index in [0.29, 0.717) is 12.4 Å². The molecule has 0 aliphatic carbocycles. The van der Waals surface area contributed by atoms with Crippen molar-refractivity contribution >= 4 is 15.9 Å². The number of benzene rings is 3. The minimum absolute atomic E-state index is 0.318. The Hall–Kier alpha value is -2.89. The lowest BCUT2D eigenvalue weighted by Gasteiger charge is -2.19. The SMILES string of the molecule is CCOC(c1ccc(Br)cc1)c1c(-c2ccccc2)noc1-c1ccc(OC)cc1. The quantitative estimate of drug-likeness (QED) is 0.298. The highest BCUT2D eigenvalue weighted by atomic mass is 79.9. The molecule has 4 aromatic rings. The van der Waals surface area contributed by atoms with Crippen LogP contribution in [-0.4, -0.2) is 18.9 Å². The Bertz CT molecular complexity index is 1090. The van der Waals surface area contributed by atoms with Crippen molar-refractivity contribution in [2.75, 3.05) is 13.7 Å². The average molecular weight is 464 g/mol. The second-order valence-electron chi connectivity index (χ2n) is 6.76. The molecule has 0 radical (unpaired) electrons. The summed E-state index contributed by atoms with van der Waals surface area (Å²) in [5.41, 5.74) is 4.63. The van der Waals surface area contributed by atoms with Gasteiger partial charge in [-0.2, -0.15) is 0 Å². The topological polar surface area (TPSA) is 44.5 Å². The molecule has 0 saturated carbocycles. The summed E-state index contributed by atoms with van der Waals surface area (Å²) in [6.45, 7) is 2.55. The summed E-state index contributed by atoms with van der Waals surface area (Å²) in [4.78, 5) is 0. The highest BCUT2D eigenvalue weighted by Crippen LogP contribution is 2.41. The Kier molecular flexibility index (Phi) is 6.31. The molecule has 152 valence electrons. The van der Waals surface area contributed by atoms with E-state index in [1.807, 2.05) is 73.7 Å². The Balaban J connectivity index is 1.91. The number of rotatable bonds is 7. The zero-order valence-corrected chi connectivity index (χ0v) is 18.4. The lowest BCUT2D eigenvalue weighted by atomic mass is 9.94. The van der Waals surface area contributed by atoms with Crippen molar-refractivity contribution in [3.63, 3.8) is 0 Å².